The molecule has 0 saturated heterocycles. The molecule has 5 aromatic rings. The SMILES string of the molecule is CCC[C@@H]1NC(=O)[C@H](CCc2c[nH]c3ncccc23)NC(=O)[C@H]([C@@H](C)O)NC(=O)[C@H](CCCN)NC(=O)[C@H](Cc2ccc(O)cc2)NC(=O)[C@H](C(C)(C)C)NC(=O)CCSCc2cccc(c2)CSC[C@@H](C(N)=O)NC(=O)[C@H]([C@@H](C)O)NC(=O)[C@H](C2CCCCC2)NC(=O)[C@H](Cc2ccc(O)cc2)NC(=O)[C@H](CC(=O)O)NC1=O. The van der Waals surface area contributed by atoms with Gasteiger partial charge in [0.2, 0.25) is 70.9 Å². The van der Waals surface area contributed by atoms with E-state index in [2.05, 4.69) is 68.5 Å². The first-order valence-corrected chi connectivity index (χ1v) is 40.6. The monoisotopic (exact) mass is 1620 g/mol. The van der Waals surface area contributed by atoms with E-state index in [-0.39, 0.29) is 81.6 Å². The number of aliphatic hydroxyl groups excluding tert-OH is 2. The maximum atomic E-state index is 15.0. The minimum Gasteiger partial charge on any atom is -0.508 e. The van der Waals surface area contributed by atoms with E-state index in [9.17, 15) is 87.9 Å². The molecule has 2 aromatic heterocycles. The van der Waals surface area contributed by atoms with E-state index in [1.807, 2.05) is 24.3 Å². The van der Waals surface area contributed by atoms with Crippen LogP contribution in [0.1, 0.15) is 146 Å². The highest BCUT2D eigenvalue weighted by molar-refractivity contribution is 7.98. The number of nitrogens with one attached hydrogen (secondary N) is 12. The second kappa shape index (κ2) is 44.3. The fourth-order valence-electron chi connectivity index (χ4n) is 13.3. The third kappa shape index (κ3) is 28.3. The average Bonchev–Trinajstić information content (AvgIpc) is 1.40. The molecule has 33 nitrogen and oxygen atoms in total. The molecular formula is C79H109N15O18S2. The Labute approximate surface area is 669 Å². The van der Waals surface area contributed by atoms with E-state index in [1.54, 1.807) is 52.2 Å². The Hall–Kier alpha value is -10.4. The number of amides is 12. The zero-order valence-electron chi connectivity index (χ0n) is 64.9. The van der Waals surface area contributed by atoms with Crippen LogP contribution in [0.2, 0.25) is 0 Å². The molecule has 1 aliphatic carbocycles. The molecule has 21 N–H and O–H groups in total. The quantitative estimate of drug-likeness (QED) is 0.0586. The number of carboxylic acids is 1. The number of hydrogen-bond donors (Lipinski definition) is 19. The Bertz CT molecular complexity index is 4140. The molecule has 3 heterocycles. The van der Waals surface area contributed by atoms with Gasteiger partial charge < -0.3 is 100 Å². The highest BCUT2D eigenvalue weighted by atomic mass is 32.2. The molecule has 0 radical (unpaired) electrons. The number of phenols is 2. The highest BCUT2D eigenvalue weighted by Gasteiger charge is 2.41. The van der Waals surface area contributed by atoms with Gasteiger partial charge in [-0.25, -0.2) is 4.98 Å². The molecule has 13 atom stereocenters. The van der Waals surface area contributed by atoms with Crippen molar-refractivity contribution >= 4 is 111 Å². The van der Waals surface area contributed by atoms with Gasteiger partial charge in [0, 0.05) is 60.1 Å². The summed E-state index contributed by atoms with van der Waals surface area (Å²) in [6.45, 7) is 9.23. The van der Waals surface area contributed by atoms with Crippen molar-refractivity contribution in [2.24, 2.45) is 22.8 Å². The van der Waals surface area contributed by atoms with Crippen molar-refractivity contribution in [3.05, 3.63) is 125 Å². The van der Waals surface area contributed by atoms with Gasteiger partial charge in [0.25, 0.3) is 0 Å². The van der Waals surface area contributed by atoms with Gasteiger partial charge >= 0.3 is 5.97 Å². The van der Waals surface area contributed by atoms with Gasteiger partial charge in [-0.05, 0) is 141 Å². The van der Waals surface area contributed by atoms with Crippen molar-refractivity contribution in [3.63, 3.8) is 0 Å². The zero-order chi connectivity index (χ0) is 83.3. The molecule has 620 valence electrons. The number of carbonyl (C=O) groups excluding carboxylic acids is 12. The van der Waals surface area contributed by atoms with Gasteiger partial charge in [-0.3, -0.25) is 62.3 Å². The predicted octanol–water partition coefficient (Wildman–Crippen LogP) is 1.18. The molecule has 3 aromatic carbocycles. The van der Waals surface area contributed by atoms with Crippen LogP contribution in [-0.2, 0) is 93.1 Å². The lowest BCUT2D eigenvalue weighted by molar-refractivity contribution is -0.141. The molecule has 0 spiro atoms. The number of aromatic hydroxyl groups is 2. The summed E-state index contributed by atoms with van der Waals surface area (Å²) in [4.78, 5) is 194. The maximum Gasteiger partial charge on any atom is 0.305 e. The van der Waals surface area contributed by atoms with Crippen molar-refractivity contribution in [2.75, 3.05) is 18.1 Å². The molecule has 2 bridgehead atoms. The number of thioether (sulfide) groups is 2. The largest absolute Gasteiger partial charge is 0.508 e. The number of primary amides is 1. The number of nitrogens with zero attached hydrogens (tertiary/aromatic N) is 1. The number of aliphatic hydroxyl groups is 2. The third-order valence-electron chi connectivity index (χ3n) is 19.6. The van der Waals surface area contributed by atoms with Crippen molar-refractivity contribution in [1.29, 1.82) is 0 Å². The van der Waals surface area contributed by atoms with Gasteiger partial charge in [0.1, 0.15) is 83.6 Å². The van der Waals surface area contributed by atoms with Gasteiger partial charge in [-0.2, -0.15) is 23.5 Å². The summed E-state index contributed by atoms with van der Waals surface area (Å²) >= 11 is 2.69. The Kier molecular flexibility index (Phi) is 35.3. The van der Waals surface area contributed by atoms with Crippen LogP contribution in [0.3, 0.4) is 0 Å². The number of phenolic OH excluding ortho intramolecular Hbond substituents is 2. The van der Waals surface area contributed by atoms with Crippen LogP contribution in [0, 0.1) is 11.3 Å². The molecule has 1 fully saturated rings. The fraction of sp³-hybridized carbons (Fsp3) is 0.519. The fourth-order valence-corrected chi connectivity index (χ4v) is 15.2. The number of pyridine rings is 1. The third-order valence-corrected chi connectivity index (χ3v) is 21.8. The number of hydrogen-bond acceptors (Lipinski definition) is 21. The number of H-pyrrole nitrogens is 1. The van der Waals surface area contributed by atoms with Crippen LogP contribution < -0.4 is 70.0 Å². The summed E-state index contributed by atoms with van der Waals surface area (Å²) in [5, 5.41) is 82.7. The summed E-state index contributed by atoms with van der Waals surface area (Å²) < 4.78 is 0. The van der Waals surface area contributed by atoms with Crippen LogP contribution in [0.15, 0.2) is 97.3 Å². The molecule has 1 aliphatic heterocycles. The van der Waals surface area contributed by atoms with Gasteiger partial charge in [0.05, 0.1) is 18.6 Å². The second-order valence-electron chi connectivity index (χ2n) is 30.0. The van der Waals surface area contributed by atoms with Gasteiger partial charge in [-0.15, -0.1) is 0 Å². The van der Waals surface area contributed by atoms with Gasteiger partial charge in [-0.1, -0.05) is 102 Å². The van der Waals surface area contributed by atoms with E-state index in [4.69, 9.17) is 11.5 Å². The molecule has 2 aliphatic rings. The summed E-state index contributed by atoms with van der Waals surface area (Å²) in [7, 11) is 0. The minimum absolute atomic E-state index is 0.0159. The Morgan fingerprint density at radius 2 is 1.07 bits per heavy atom. The first-order valence-electron chi connectivity index (χ1n) is 38.3. The number of carboxylic acid groups (broad SMARTS) is 1. The number of fused-ring (bicyclic) bond motifs is 3. The lowest BCUT2D eigenvalue weighted by Crippen LogP contribution is -2.63. The number of aryl methyl sites for hydroxylation is 1. The Morgan fingerprint density at radius 3 is 1.63 bits per heavy atom. The molecule has 35 heteroatoms. The number of aromatic nitrogens is 2. The minimum atomic E-state index is -1.98. The van der Waals surface area contributed by atoms with Crippen molar-refractivity contribution < 1.29 is 87.9 Å². The smallest absolute Gasteiger partial charge is 0.305 e. The first kappa shape index (κ1) is 90.8. The summed E-state index contributed by atoms with van der Waals surface area (Å²) in [6.07, 6.45) is 0.913. The Balaban J connectivity index is 1.24. The molecule has 7 rings (SSSR count). The normalized spacial score (nSPS) is 24.4. The molecule has 114 heavy (non-hydrogen) atoms. The Morgan fingerprint density at radius 1 is 0.570 bits per heavy atom. The number of rotatable bonds is 18. The summed E-state index contributed by atoms with van der Waals surface area (Å²) in [5.41, 5.74) is 14.5. The van der Waals surface area contributed by atoms with Crippen molar-refractivity contribution in [2.45, 2.75) is 228 Å². The van der Waals surface area contributed by atoms with Gasteiger partial charge in [0.15, 0.2) is 0 Å². The zero-order valence-corrected chi connectivity index (χ0v) is 66.6. The van der Waals surface area contributed by atoms with Crippen LogP contribution in [0.4, 0.5) is 0 Å². The van der Waals surface area contributed by atoms with E-state index in [0.29, 0.717) is 70.7 Å². The summed E-state index contributed by atoms with van der Waals surface area (Å²) in [6, 6.07) is 4.87. The van der Waals surface area contributed by atoms with E-state index < -0.39 is 173 Å². The van der Waals surface area contributed by atoms with E-state index >= 15 is 0 Å². The number of aromatic amines is 1. The second-order valence-corrected chi connectivity index (χ2v) is 32.1. The first-order chi connectivity index (χ1) is 54.2. The lowest BCUT2D eigenvalue weighted by atomic mass is 9.83. The highest BCUT2D eigenvalue weighted by Crippen LogP contribution is 2.29. The molecule has 0 unspecified atom stereocenters. The number of benzene rings is 3. The maximum absolute atomic E-state index is 15.0. The summed E-state index contributed by atoms with van der Waals surface area (Å²) in [5.74, 6) is -12.8. The van der Waals surface area contributed by atoms with Crippen molar-refractivity contribution in [1.82, 2.24) is 68.5 Å². The number of aliphatic carboxylic acids is 1. The standard InChI is InChI=1S/C79H109N15O18S2/c1-7-14-54-69(103)88-59(38-62(100)101)73(107)87-58(37-46-23-28-52(98)29-24-46)74(108)94-65(49-17-9-8-10-18-49)77(111)93-64(44(3)96)76(110)90-60(67(81)102)42-114-41-48-16-11-15-47(35-48)40-113-34-31-61(99)91-66(79(4,5)6)78(112)89-57(36-45-21-26-51(97)27-22-45)72(106)85-55(20-12-32-80)71(105)92-63(43(2)95)75(109)86-56(70(104)84-54)30-25-50-39-83-68-53(50)19-13-33-82-68/h11,13,15-16,19,21-24,26-29,33,35,39,43-44,49,54-60,63-66,95-98H,7-10,12,14,17-18,20,25,30-32,34,36-38,40-42,80H2,1-6H3,(H2,81,102)(H,82,83)(H,84,104)(H,85,106)(H,86,109)(H,87,107)(H,88,103)(H,89,112)(H,90,110)(H,91,99)(H,92,105)(H,93,111)(H,94,108)(H,100,101)/t43-,44-,54+,55+,56+,57+,58+,59+,60+,63+,64+,65+,66-/m1/s1. The van der Waals surface area contributed by atoms with Crippen LogP contribution >= 0.6 is 23.5 Å². The number of carbonyl (C=O) groups is 13. The number of nitrogens with two attached hydrogens (primary N) is 2. The van der Waals surface area contributed by atoms with Crippen LogP contribution in [0.5, 0.6) is 11.5 Å². The molecular weight excluding hydrogens is 1510 g/mol. The predicted molar refractivity (Wildman–Crippen MR) is 427 cm³/mol. The lowest BCUT2D eigenvalue weighted by Gasteiger charge is -2.33. The molecule has 12 amide bonds. The van der Waals surface area contributed by atoms with E-state index in [0.717, 1.165) is 17.5 Å². The van der Waals surface area contributed by atoms with E-state index in [1.165, 1.54) is 85.9 Å². The van der Waals surface area contributed by atoms with Crippen LogP contribution in [-0.4, -0.2) is 209 Å². The molecule has 1 saturated carbocycles. The average molecular weight is 1620 g/mol. The van der Waals surface area contributed by atoms with Crippen LogP contribution in [0.25, 0.3) is 11.0 Å². The van der Waals surface area contributed by atoms with Crippen molar-refractivity contribution in [3.8, 4) is 11.5 Å². The topological polar surface area (TPSA) is 536 Å².